The molecule has 0 bridgehead atoms. The van der Waals surface area contributed by atoms with Gasteiger partial charge in [0.15, 0.2) is 0 Å². The maximum absolute atomic E-state index is 11.6. The Bertz CT molecular complexity index is 257. The van der Waals surface area contributed by atoms with Crippen molar-refractivity contribution in [3.8, 4) is 0 Å². The second kappa shape index (κ2) is 5.84. The molecule has 5 heteroatoms. The monoisotopic (exact) mass is 231 g/mol. The fraction of sp³-hybridized carbons (Fsp3) is 0.818. The number of carbonyl (C=O) groups excluding carboxylic acids is 1. The van der Waals surface area contributed by atoms with Crippen LogP contribution in [0.5, 0.6) is 0 Å². The van der Waals surface area contributed by atoms with Gasteiger partial charge in [0.25, 0.3) is 0 Å². The molecule has 1 amide bonds. The standard InChI is InChI=1S/C11H21NO4/c1-6-8(10(14)15)12(5)9(13)7-16-11(2,3)4/h8H,6-7H2,1-5H3,(H,14,15). The van der Waals surface area contributed by atoms with Gasteiger partial charge in [-0.1, -0.05) is 6.92 Å². The maximum Gasteiger partial charge on any atom is 0.326 e. The lowest BCUT2D eigenvalue weighted by molar-refractivity contribution is -0.153. The van der Waals surface area contributed by atoms with E-state index in [0.717, 1.165) is 0 Å². The van der Waals surface area contributed by atoms with E-state index < -0.39 is 17.6 Å². The summed E-state index contributed by atoms with van der Waals surface area (Å²) in [6, 6.07) is -0.781. The number of likely N-dealkylation sites (N-methyl/N-ethyl adjacent to an activating group) is 1. The Kier molecular flexibility index (Phi) is 5.44. The van der Waals surface area contributed by atoms with Crippen LogP contribution in [0.3, 0.4) is 0 Å². The van der Waals surface area contributed by atoms with Gasteiger partial charge in [-0.3, -0.25) is 4.79 Å². The van der Waals surface area contributed by atoms with Crippen LogP contribution in [0.2, 0.25) is 0 Å². The molecule has 0 heterocycles. The predicted octanol–water partition coefficient (Wildman–Crippen LogP) is 1.12. The molecular formula is C11H21NO4. The van der Waals surface area contributed by atoms with Crippen LogP contribution < -0.4 is 0 Å². The van der Waals surface area contributed by atoms with Gasteiger partial charge >= 0.3 is 5.97 Å². The Hall–Kier alpha value is -1.10. The molecule has 0 fully saturated rings. The number of carbonyl (C=O) groups is 2. The Morgan fingerprint density at radius 3 is 2.19 bits per heavy atom. The highest BCUT2D eigenvalue weighted by Crippen LogP contribution is 2.08. The molecule has 0 aliphatic heterocycles. The number of hydrogen-bond acceptors (Lipinski definition) is 3. The number of nitrogens with zero attached hydrogens (tertiary/aromatic N) is 1. The lowest BCUT2D eigenvalue weighted by Gasteiger charge is -2.26. The van der Waals surface area contributed by atoms with Gasteiger partial charge in [-0.2, -0.15) is 0 Å². The molecule has 16 heavy (non-hydrogen) atoms. The molecule has 1 N–H and O–H groups in total. The fourth-order valence-corrected chi connectivity index (χ4v) is 1.17. The normalized spacial score (nSPS) is 13.3. The lowest BCUT2D eigenvalue weighted by atomic mass is 10.2. The topological polar surface area (TPSA) is 66.8 Å². The number of rotatable bonds is 5. The van der Waals surface area contributed by atoms with Crippen LogP contribution in [0.4, 0.5) is 0 Å². The van der Waals surface area contributed by atoms with Crippen molar-refractivity contribution in [3.05, 3.63) is 0 Å². The summed E-state index contributed by atoms with van der Waals surface area (Å²) in [4.78, 5) is 23.7. The summed E-state index contributed by atoms with van der Waals surface area (Å²) in [6.45, 7) is 7.16. The van der Waals surface area contributed by atoms with Crippen molar-refractivity contribution in [2.45, 2.75) is 45.8 Å². The minimum atomic E-state index is -0.992. The van der Waals surface area contributed by atoms with Gasteiger partial charge in [0, 0.05) is 7.05 Å². The van der Waals surface area contributed by atoms with Crippen molar-refractivity contribution >= 4 is 11.9 Å². The minimum Gasteiger partial charge on any atom is -0.480 e. The van der Waals surface area contributed by atoms with Crippen LogP contribution >= 0.6 is 0 Å². The highest BCUT2D eigenvalue weighted by Gasteiger charge is 2.25. The third-order valence-electron chi connectivity index (χ3n) is 2.16. The molecule has 0 aliphatic rings. The SMILES string of the molecule is CCC(C(=O)O)N(C)C(=O)COC(C)(C)C. The molecule has 0 aromatic heterocycles. The molecule has 5 nitrogen and oxygen atoms in total. The van der Waals surface area contributed by atoms with Crippen LogP contribution in [-0.2, 0) is 14.3 Å². The van der Waals surface area contributed by atoms with E-state index in [1.54, 1.807) is 6.92 Å². The van der Waals surface area contributed by atoms with E-state index in [-0.39, 0.29) is 12.5 Å². The van der Waals surface area contributed by atoms with Crippen molar-refractivity contribution in [1.29, 1.82) is 0 Å². The van der Waals surface area contributed by atoms with E-state index in [2.05, 4.69) is 0 Å². The third-order valence-corrected chi connectivity index (χ3v) is 2.16. The molecule has 1 unspecified atom stereocenters. The van der Waals surface area contributed by atoms with E-state index in [4.69, 9.17) is 9.84 Å². The lowest BCUT2D eigenvalue weighted by Crippen LogP contribution is -2.44. The predicted molar refractivity (Wildman–Crippen MR) is 60.2 cm³/mol. The number of aliphatic carboxylic acids is 1. The molecule has 0 aliphatic carbocycles. The maximum atomic E-state index is 11.6. The molecule has 0 aromatic carbocycles. The largest absolute Gasteiger partial charge is 0.480 e. The molecule has 0 spiro atoms. The molecule has 1 atom stereocenters. The van der Waals surface area contributed by atoms with Crippen molar-refractivity contribution < 1.29 is 19.4 Å². The second-order valence-corrected chi connectivity index (χ2v) is 4.67. The summed E-state index contributed by atoms with van der Waals surface area (Å²) in [6.07, 6.45) is 0.382. The smallest absolute Gasteiger partial charge is 0.326 e. The van der Waals surface area contributed by atoms with Crippen molar-refractivity contribution in [2.24, 2.45) is 0 Å². The third kappa shape index (κ3) is 5.11. The van der Waals surface area contributed by atoms with E-state index in [1.165, 1.54) is 11.9 Å². The first-order chi connectivity index (χ1) is 7.19. The van der Waals surface area contributed by atoms with Gasteiger partial charge in [-0.05, 0) is 27.2 Å². The summed E-state index contributed by atoms with van der Waals surface area (Å²) < 4.78 is 5.30. The number of carboxylic acids is 1. The Morgan fingerprint density at radius 1 is 1.38 bits per heavy atom. The quantitative estimate of drug-likeness (QED) is 0.770. The van der Waals surface area contributed by atoms with Crippen LogP contribution in [0.25, 0.3) is 0 Å². The highest BCUT2D eigenvalue weighted by molar-refractivity contribution is 5.84. The van der Waals surface area contributed by atoms with Crippen LogP contribution in [0.1, 0.15) is 34.1 Å². The van der Waals surface area contributed by atoms with E-state index in [9.17, 15) is 9.59 Å². The zero-order chi connectivity index (χ0) is 12.9. The molecule has 0 saturated carbocycles. The first-order valence-corrected chi connectivity index (χ1v) is 5.31. The molecule has 0 saturated heterocycles. The van der Waals surface area contributed by atoms with Gasteiger partial charge in [-0.15, -0.1) is 0 Å². The van der Waals surface area contributed by atoms with Gasteiger partial charge in [0.2, 0.25) is 5.91 Å². The fourth-order valence-electron chi connectivity index (χ4n) is 1.17. The summed E-state index contributed by atoms with van der Waals surface area (Å²) in [5.74, 6) is -1.31. The zero-order valence-corrected chi connectivity index (χ0v) is 10.6. The average Bonchev–Trinajstić information content (AvgIpc) is 2.13. The number of hydrogen-bond donors (Lipinski definition) is 1. The number of ether oxygens (including phenoxy) is 1. The summed E-state index contributed by atoms with van der Waals surface area (Å²) in [5.41, 5.74) is -0.401. The molecule has 0 aromatic rings. The molecule has 0 rings (SSSR count). The van der Waals surface area contributed by atoms with Gasteiger partial charge < -0.3 is 14.7 Å². The van der Waals surface area contributed by atoms with Gasteiger partial charge in [0.1, 0.15) is 12.6 Å². The van der Waals surface area contributed by atoms with Gasteiger partial charge in [0.05, 0.1) is 5.60 Å². The van der Waals surface area contributed by atoms with Crippen molar-refractivity contribution in [3.63, 3.8) is 0 Å². The Morgan fingerprint density at radius 2 is 1.88 bits per heavy atom. The summed E-state index contributed by atoms with van der Waals surface area (Å²) >= 11 is 0. The highest BCUT2D eigenvalue weighted by atomic mass is 16.5. The van der Waals surface area contributed by atoms with Crippen LogP contribution in [0, 0.1) is 0 Å². The second-order valence-electron chi connectivity index (χ2n) is 4.67. The van der Waals surface area contributed by atoms with Gasteiger partial charge in [-0.25, -0.2) is 4.79 Å². The Balaban J connectivity index is 4.32. The zero-order valence-electron chi connectivity index (χ0n) is 10.6. The van der Waals surface area contributed by atoms with Crippen LogP contribution in [0.15, 0.2) is 0 Å². The Labute approximate surface area is 96.4 Å². The summed E-state index contributed by atoms with van der Waals surface area (Å²) in [7, 11) is 1.48. The first kappa shape index (κ1) is 14.9. The van der Waals surface area contributed by atoms with E-state index >= 15 is 0 Å². The summed E-state index contributed by atoms with van der Waals surface area (Å²) in [5, 5.41) is 8.89. The van der Waals surface area contributed by atoms with Crippen molar-refractivity contribution in [2.75, 3.05) is 13.7 Å². The molecule has 0 radical (unpaired) electrons. The first-order valence-electron chi connectivity index (χ1n) is 5.31. The van der Waals surface area contributed by atoms with E-state index in [1.807, 2.05) is 20.8 Å². The molecular weight excluding hydrogens is 210 g/mol. The average molecular weight is 231 g/mol. The van der Waals surface area contributed by atoms with E-state index in [0.29, 0.717) is 6.42 Å². The number of carboxylic acid groups (broad SMARTS) is 1. The van der Waals surface area contributed by atoms with Crippen LogP contribution in [-0.4, -0.2) is 47.2 Å². The molecule has 94 valence electrons. The van der Waals surface area contributed by atoms with Crippen molar-refractivity contribution in [1.82, 2.24) is 4.90 Å². The number of amides is 1. The minimum absolute atomic E-state index is 0.0935.